The predicted octanol–water partition coefficient (Wildman–Crippen LogP) is 2.90. The van der Waals surface area contributed by atoms with Crippen LogP contribution >= 0.6 is 0 Å². The number of nitrogens with zero attached hydrogens (tertiary/aromatic N) is 4. The van der Waals surface area contributed by atoms with Crippen LogP contribution in [-0.4, -0.2) is 92.3 Å². The second-order valence-corrected chi connectivity index (χ2v) is 9.88. The van der Waals surface area contributed by atoms with Gasteiger partial charge in [-0.1, -0.05) is 24.6 Å². The maximum Gasteiger partial charge on any atom is 0.236 e. The number of carbonyl (C=O) groups is 1. The molecule has 1 aliphatic carbocycles. The normalized spacial score (nSPS) is 21.5. The first kappa shape index (κ1) is 21.7. The number of fused-ring (bicyclic) bond motifs is 1. The summed E-state index contributed by atoms with van der Waals surface area (Å²) in [5.41, 5.74) is 3.54. The van der Waals surface area contributed by atoms with E-state index in [2.05, 4.69) is 49.9 Å². The lowest BCUT2D eigenvalue weighted by Crippen LogP contribution is -2.56. The molecule has 180 valence electrons. The SMILES string of the molecule is O=C(CN1CCN(c2ccc(-c3ccc4c(c3)OCO4)cc2)CC1)N1CCN(C2CCC2)CC1. The van der Waals surface area contributed by atoms with Crippen LogP contribution in [0.15, 0.2) is 42.5 Å². The van der Waals surface area contributed by atoms with Gasteiger partial charge in [-0.3, -0.25) is 14.6 Å². The Morgan fingerprint density at radius 1 is 0.794 bits per heavy atom. The summed E-state index contributed by atoms with van der Waals surface area (Å²) in [6, 6.07) is 15.6. The summed E-state index contributed by atoms with van der Waals surface area (Å²) < 4.78 is 10.9. The van der Waals surface area contributed by atoms with Gasteiger partial charge in [0.15, 0.2) is 11.5 Å². The fourth-order valence-corrected chi connectivity index (χ4v) is 5.48. The van der Waals surface area contributed by atoms with Crippen molar-refractivity contribution in [2.45, 2.75) is 25.3 Å². The van der Waals surface area contributed by atoms with E-state index in [1.807, 2.05) is 12.1 Å². The number of hydrogen-bond donors (Lipinski definition) is 0. The fraction of sp³-hybridized carbons (Fsp3) is 0.519. The minimum Gasteiger partial charge on any atom is -0.454 e. The largest absolute Gasteiger partial charge is 0.454 e. The van der Waals surface area contributed by atoms with Crippen molar-refractivity contribution in [1.82, 2.24) is 14.7 Å². The Balaban J connectivity index is 0.982. The lowest BCUT2D eigenvalue weighted by atomic mass is 9.91. The van der Waals surface area contributed by atoms with Crippen molar-refractivity contribution in [3.05, 3.63) is 42.5 Å². The van der Waals surface area contributed by atoms with Gasteiger partial charge in [0.05, 0.1) is 6.54 Å². The number of anilines is 1. The molecule has 0 spiro atoms. The third-order valence-electron chi connectivity index (χ3n) is 7.93. The molecule has 7 nitrogen and oxygen atoms in total. The van der Waals surface area contributed by atoms with Crippen LogP contribution in [0.4, 0.5) is 5.69 Å². The van der Waals surface area contributed by atoms with Gasteiger partial charge in [-0.25, -0.2) is 0 Å². The van der Waals surface area contributed by atoms with E-state index < -0.39 is 0 Å². The number of hydrogen-bond acceptors (Lipinski definition) is 6. The summed E-state index contributed by atoms with van der Waals surface area (Å²) in [4.78, 5) is 22.3. The molecule has 0 bridgehead atoms. The van der Waals surface area contributed by atoms with Crippen molar-refractivity contribution in [3.63, 3.8) is 0 Å². The molecule has 34 heavy (non-hydrogen) atoms. The highest BCUT2D eigenvalue weighted by molar-refractivity contribution is 5.78. The number of piperazine rings is 2. The molecule has 6 rings (SSSR count). The van der Waals surface area contributed by atoms with E-state index in [-0.39, 0.29) is 0 Å². The fourth-order valence-electron chi connectivity index (χ4n) is 5.48. The third kappa shape index (κ3) is 4.46. The smallest absolute Gasteiger partial charge is 0.236 e. The van der Waals surface area contributed by atoms with E-state index in [0.717, 1.165) is 75.5 Å². The van der Waals surface area contributed by atoms with Gasteiger partial charge in [0.1, 0.15) is 0 Å². The molecular weight excluding hydrogens is 428 g/mol. The first-order valence-electron chi connectivity index (χ1n) is 12.7. The average Bonchev–Trinajstić information content (AvgIpc) is 3.32. The molecule has 0 aromatic heterocycles. The molecule has 0 radical (unpaired) electrons. The first-order valence-corrected chi connectivity index (χ1v) is 12.7. The highest BCUT2D eigenvalue weighted by Crippen LogP contribution is 2.36. The number of carbonyl (C=O) groups excluding carboxylic acids is 1. The second-order valence-electron chi connectivity index (χ2n) is 9.88. The molecule has 2 aromatic rings. The zero-order valence-corrected chi connectivity index (χ0v) is 19.8. The van der Waals surface area contributed by atoms with E-state index >= 15 is 0 Å². The molecule has 1 amide bonds. The zero-order chi connectivity index (χ0) is 22.9. The number of rotatable bonds is 5. The highest BCUT2D eigenvalue weighted by atomic mass is 16.7. The Hall–Kier alpha value is -2.77. The van der Waals surface area contributed by atoms with E-state index in [0.29, 0.717) is 19.2 Å². The molecule has 3 heterocycles. The number of benzene rings is 2. The summed E-state index contributed by atoms with van der Waals surface area (Å²) >= 11 is 0. The van der Waals surface area contributed by atoms with Gasteiger partial charge in [0, 0.05) is 64.1 Å². The zero-order valence-electron chi connectivity index (χ0n) is 19.8. The van der Waals surface area contributed by atoms with Crippen LogP contribution in [0.25, 0.3) is 11.1 Å². The van der Waals surface area contributed by atoms with Crippen molar-refractivity contribution >= 4 is 11.6 Å². The summed E-state index contributed by atoms with van der Waals surface area (Å²) in [6.45, 7) is 8.50. The summed E-state index contributed by atoms with van der Waals surface area (Å²) in [7, 11) is 0. The van der Waals surface area contributed by atoms with Crippen molar-refractivity contribution in [1.29, 1.82) is 0 Å². The van der Waals surface area contributed by atoms with Gasteiger partial charge in [0.2, 0.25) is 12.7 Å². The van der Waals surface area contributed by atoms with Gasteiger partial charge in [-0.05, 0) is 48.2 Å². The topological polar surface area (TPSA) is 48.5 Å². The Bertz CT molecular complexity index is 1010. The Morgan fingerprint density at radius 2 is 1.50 bits per heavy atom. The summed E-state index contributed by atoms with van der Waals surface area (Å²) in [6.07, 6.45) is 4.07. The van der Waals surface area contributed by atoms with Crippen LogP contribution in [-0.2, 0) is 4.79 Å². The van der Waals surface area contributed by atoms with Gasteiger partial charge >= 0.3 is 0 Å². The van der Waals surface area contributed by atoms with E-state index in [1.165, 1.54) is 30.5 Å². The highest BCUT2D eigenvalue weighted by Gasteiger charge is 2.30. The molecule has 4 aliphatic rings. The molecule has 2 aromatic carbocycles. The molecule has 0 unspecified atom stereocenters. The first-order chi connectivity index (χ1) is 16.7. The van der Waals surface area contributed by atoms with Crippen LogP contribution < -0.4 is 14.4 Å². The molecule has 3 fully saturated rings. The second kappa shape index (κ2) is 9.47. The van der Waals surface area contributed by atoms with Crippen molar-refractivity contribution in [3.8, 4) is 22.6 Å². The van der Waals surface area contributed by atoms with Gasteiger partial charge in [0.25, 0.3) is 0 Å². The molecule has 1 saturated carbocycles. The molecule has 2 saturated heterocycles. The number of ether oxygens (including phenoxy) is 2. The Kier molecular flexibility index (Phi) is 6.05. The number of amides is 1. The minimum absolute atomic E-state index is 0.298. The van der Waals surface area contributed by atoms with Crippen molar-refractivity contribution in [2.75, 3.05) is 70.6 Å². The van der Waals surface area contributed by atoms with Crippen LogP contribution in [0.1, 0.15) is 19.3 Å². The third-order valence-corrected chi connectivity index (χ3v) is 7.93. The Morgan fingerprint density at radius 3 is 2.21 bits per heavy atom. The maximum absolute atomic E-state index is 12.9. The molecule has 0 atom stereocenters. The van der Waals surface area contributed by atoms with Gasteiger partial charge in [-0.2, -0.15) is 0 Å². The van der Waals surface area contributed by atoms with Crippen LogP contribution in [0.5, 0.6) is 11.5 Å². The van der Waals surface area contributed by atoms with Gasteiger partial charge < -0.3 is 19.3 Å². The van der Waals surface area contributed by atoms with E-state index in [1.54, 1.807) is 0 Å². The molecule has 3 aliphatic heterocycles. The average molecular weight is 463 g/mol. The maximum atomic E-state index is 12.9. The molecule has 7 heteroatoms. The standard InChI is InChI=1S/C27H34N4O3/c32-27(31-16-14-30(15-17-31)23-2-1-3-23)19-28-10-12-29(13-11-28)24-7-4-21(5-8-24)22-6-9-25-26(18-22)34-20-33-25/h4-9,18,23H,1-3,10-17,19-20H2. The molecule has 0 N–H and O–H groups in total. The quantitative estimate of drug-likeness (QED) is 0.681. The van der Waals surface area contributed by atoms with Gasteiger partial charge in [-0.15, -0.1) is 0 Å². The predicted molar refractivity (Wildman–Crippen MR) is 132 cm³/mol. The van der Waals surface area contributed by atoms with Crippen LogP contribution in [0, 0.1) is 0 Å². The monoisotopic (exact) mass is 462 g/mol. The van der Waals surface area contributed by atoms with Crippen molar-refractivity contribution in [2.24, 2.45) is 0 Å². The van der Waals surface area contributed by atoms with Crippen molar-refractivity contribution < 1.29 is 14.3 Å². The lowest BCUT2D eigenvalue weighted by molar-refractivity contribution is -0.134. The molecular formula is C27H34N4O3. The van der Waals surface area contributed by atoms with E-state index in [9.17, 15) is 4.79 Å². The summed E-state index contributed by atoms with van der Waals surface area (Å²) in [5.74, 6) is 1.93. The Labute approximate surface area is 201 Å². The minimum atomic E-state index is 0.298. The van der Waals surface area contributed by atoms with Crippen LogP contribution in [0.3, 0.4) is 0 Å². The van der Waals surface area contributed by atoms with Crippen LogP contribution in [0.2, 0.25) is 0 Å². The lowest BCUT2D eigenvalue weighted by Gasteiger charge is -2.43. The summed E-state index contributed by atoms with van der Waals surface area (Å²) in [5, 5.41) is 0. The van der Waals surface area contributed by atoms with E-state index in [4.69, 9.17) is 9.47 Å².